The first-order valence-electron chi connectivity index (χ1n) is 6.36. The van der Waals surface area contributed by atoms with E-state index in [1.165, 1.54) is 6.92 Å². The van der Waals surface area contributed by atoms with Crippen LogP contribution in [0, 0.1) is 0 Å². The second-order valence-electron chi connectivity index (χ2n) is 4.67. The zero-order valence-electron chi connectivity index (χ0n) is 11.8. The zero-order valence-corrected chi connectivity index (χ0v) is 12.6. The first-order valence-corrected chi connectivity index (χ1v) is 6.36. The van der Waals surface area contributed by atoms with Crippen molar-refractivity contribution in [1.82, 2.24) is 5.32 Å². The smallest absolute Gasteiger partial charge is 0.221 e. The molecule has 0 spiro atoms. The summed E-state index contributed by atoms with van der Waals surface area (Å²) in [6, 6.07) is 7.43. The van der Waals surface area contributed by atoms with Crippen molar-refractivity contribution in [2.24, 2.45) is 5.73 Å². The van der Waals surface area contributed by atoms with Gasteiger partial charge in [0.05, 0.1) is 0 Å². The number of anilines is 1. The van der Waals surface area contributed by atoms with Gasteiger partial charge in [0.2, 0.25) is 11.8 Å². The van der Waals surface area contributed by atoms with Gasteiger partial charge < -0.3 is 16.4 Å². The highest BCUT2D eigenvalue weighted by atomic mass is 35.5. The highest BCUT2D eigenvalue weighted by Crippen LogP contribution is 2.10. The molecule has 4 N–H and O–H groups in total. The van der Waals surface area contributed by atoms with Crippen molar-refractivity contribution >= 4 is 29.9 Å². The number of nitrogens with two attached hydrogens (primary N) is 1. The largest absolute Gasteiger partial charge is 0.352 e. The van der Waals surface area contributed by atoms with E-state index in [0.29, 0.717) is 19.4 Å². The van der Waals surface area contributed by atoms with Crippen LogP contribution in [-0.4, -0.2) is 17.9 Å². The minimum absolute atomic E-state index is 0. The molecule has 0 radical (unpaired) electrons. The highest BCUT2D eigenvalue weighted by molar-refractivity contribution is 5.88. The third-order valence-corrected chi connectivity index (χ3v) is 2.56. The first-order chi connectivity index (χ1) is 8.97. The van der Waals surface area contributed by atoms with Crippen LogP contribution in [0.25, 0.3) is 0 Å². The van der Waals surface area contributed by atoms with Crippen molar-refractivity contribution in [2.75, 3.05) is 5.32 Å². The summed E-state index contributed by atoms with van der Waals surface area (Å²) in [4.78, 5) is 22.5. The summed E-state index contributed by atoms with van der Waals surface area (Å²) >= 11 is 0. The van der Waals surface area contributed by atoms with Gasteiger partial charge in [-0.3, -0.25) is 9.59 Å². The molecule has 0 aliphatic heterocycles. The van der Waals surface area contributed by atoms with Gasteiger partial charge in [0.1, 0.15) is 0 Å². The summed E-state index contributed by atoms with van der Waals surface area (Å²) in [6.45, 7) is 3.79. The molecule has 0 aliphatic carbocycles. The third kappa shape index (κ3) is 7.76. The van der Waals surface area contributed by atoms with Gasteiger partial charge in [0, 0.05) is 31.6 Å². The maximum atomic E-state index is 11.5. The Morgan fingerprint density at radius 3 is 2.65 bits per heavy atom. The zero-order chi connectivity index (χ0) is 14.3. The summed E-state index contributed by atoms with van der Waals surface area (Å²) in [7, 11) is 0. The van der Waals surface area contributed by atoms with E-state index in [2.05, 4.69) is 10.6 Å². The number of carbonyl (C=O) groups is 2. The second-order valence-corrected chi connectivity index (χ2v) is 4.67. The average molecular weight is 300 g/mol. The van der Waals surface area contributed by atoms with Crippen LogP contribution in [0.2, 0.25) is 0 Å². The monoisotopic (exact) mass is 299 g/mol. The molecule has 0 saturated heterocycles. The normalized spacial score (nSPS) is 11.2. The number of rotatable bonds is 6. The molecule has 5 nitrogen and oxygen atoms in total. The molecule has 0 aromatic heterocycles. The van der Waals surface area contributed by atoms with Gasteiger partial charge in [0.25, 0.3) is 0 Å². The van der Waals surface area contributed by atoms with E-state index in [9.17, 15) is 9.59 Å². The highest BCUT2D eigenvalue weighted by Gasteiger charge is 2.04. The predicted octanol–water partition coefficient (Wildman–Crippen LogP) is 1.81. The van der Waals surface area contributed by atoms with Crippen LogP contribution in [-0.2, 0) is 16.1 Å². The summed E-state index contributed by atoms with van der Waals surface area (Å²) < 4.78 is 0. The van der Waals surface area contributed by atoms with Gasteiger partial charge in [-0.05, 0) is 31.0 Å². The van der Waals surface area contributed by atoms with Crippen molar-refractivity contribution < 1.29 is 9.59 Å². The van der Waals surface area contributed by atoms with Crippen LogP contribution in [0.5, 0.6) is 0 Å². The molecular weight excluding hydrogens is 278 g/mol. The van der Waals surface area contributed by atoms with Crippen LogP contribution in [0.1, 0.15) is 32.3 Å². The lowest BCUT2D eigenvalue weighted by Crippen LogP contribution is -2.25. The molecule has 0 bridgehead atoms. The van der Waals surface area contributed by atoms with Gasteiger partial charge in [0.15, 0.2) is 0 Å². The van der Waals surface area contributed by atoms with E-state index in [-0.39, 0.29) is 30.3 Å². The molecule has 0 heterocycles. The van der Waals surface area contributed by atoms with Gasteiger partial charge >= 0.3 is 0 Å². The van der Waals surface area contributed by atoms with Crippen LogP contribution in [0.15, 0.2) is 24.3 Å². The predicted molar refractivity (Wildman–Crippen MR) is 82.7 cm³/mol. The molecule has 6 heteroatoms. The van der Waals surface area contributed by atoms with E-state index in [0.717, 1.165) is 11.3 Å². The molecule has 0 fully saturated rings. The number of hydrogen-bond acceptors (Lipinski definition) is 3. The fourth-order valence-corrected chi connectivity index (χ4v) is 1.61. The molecule has 2 amide bonds. The van der Waals surface area contributed by atoms with E-state index >= 15 is 0 Å². The van der Waals surface area contributed by atoms with Gasteiger partial charge in [-0.1, -0.05) is 12.1 Å². The Labute approximate surface area is 125 Å². The maximum Gasteiger partial charge on any atom is 0.221 e. The molecule has 0 aliphatic rings. The van der Waals surface area contributed by atoms with Crippen LogP contribution < -0.4 is 16.4 Å². The van der Waals surface area contributed by atoms with Crippen molar-refractivity contribution in [3.63, 3.8) is 0 Å². The first kappa shape index (κ1) is 18.4. The van der Waals surface area contributed by atoms with Gasteiger partial charge in [-0.2, -0.15) is 0 Å². The SMILES string of the molecule is CC(=O)Nc1cccc(CNC(=O)CCC(C)N)c1.Cl. The number of nitrogens with one attached hydrogen (secondary N) is 2. The number of halogens is 1. The lowest BCUT2D eigenvalue weighted by molar-refractivity contribution is -0.121. The van der Waals surface area contributed by atoms with Crippen molar-refractivity contribution in [3.05, 3.63) is 29.8 Å². The lowest BCUT2D eigenvalue weighted by atomic mass is 10.1. The van der Waals surface area contributed by atoms with Crippen molar-refractivity contribution in [1.29, 1.82) is 0 Å². The van der Waals surface area contributed by atoms with E-state index < -0.39 is 0 Å². The standard InChI is InChI=1S/C14H21N3O2.ClH/c1-10(15)6-7-14(19)16-9-12-4-3-5-13(8-12)17-11(2)18;/h3-5,8,10H,6-7,9,15H2,1-2H3,(H,16,19)(H,17,18);1H. The molecule has 0 saturated carbocycles. The number of hydrogen-bond donors (Lipinski definition) is 3. The molecular formula is C14H22ClN3O2. The summed E-state index contributed by atoms with van der Waals surface area (Å²) in [5, 5.41) is 5.53. The van der Waals surface area contributed by atoms with E-state index in [1.807, 2.05) is 31.2 Å². The minimum Gasteiger partial charge on any atom is -0.352 e. The molecule has 1 aromatic carbocycles. The Morgan fingerprint density at radius 1 is 1.35 bits per heavy atom. The Bertz CT molecular complexity index is 450. The second kappa shape index (κ2) is 9.34. The van der Waals surface area contributed by atoms with E-state index in [4.69, 9.17) is 5.73 Å². The quantitative estimate of drug-likeness (QED) is 0.749. The van der Waals surface area contributed by atoms with Crippen LogP contribution in [0.4, 0.5) is 5.69 Å². The van der Waals surface area contributed by atoms with Crippen LogP contribution >= 0.6 is 12.4 Å². The topological polar surface area (TPSA) is 84.2 Å². The van der Waals surface area contributed by atoms with Crippen molar-refractivity contribution in [3.8, 4) is 0 Å². The fraction of sp³-hybridized carbons (Fsp3) is 0.429. The Balaban J connectivity index is 0.00000361. The Morgan fingerprint density at radius 2 is 2.05 bits per heavy atom. The number of carbonyl (C=O) groups excluding carboxylic acids is 2. The Hall–Kier alpha value is -1.59. The fourth-order valence-electron chi connectivity index (χ4n) is 1.61. The minimum atomic E-state index is -0.113. The van der Waals surface area contributed by atoms with E-state index in [1.54, 1.807) is 0 Å². The molecule has 1 aromatic rings. The average Bonchev–Trinajstić information content (AvgIpc) is 2.33. The number of amides is 2. The lowest BCUT2D eigenvalue weighted by Gasteiger charge is -2.08. The molecule has 1 rings (SSSR count). The molecule has 1 unspecified atom stereocenters. The molecule has 20 heavy (non-hydrogen) atoms. The maximum absolute atomic E-state index is 11.5. The summed E-state index contributed by atoms with van der Waals surface area (Å²) in [5.74, 6) is -0.125. The molecule has 112 valence electrons. The van der Waals surface area contributed by atoms with Crippen molar-refractivity contribution in [2.45, 2.75) is 39.3 Å². The third-order valence-electron chi connectivity index (χ3n) is 2.56. The number of benzene rings is 1. The summed E-state index contributed by atoms with van der Waals surface area (Å²) in [6.07, 6.45) is 1.11. The van der Waals surface area contributed by atoms with Gasteiger partial charge in [-0.15, -0.1) is 12.4 Å². The summed E-state index contributed by atoms with van der Waals surface area (Å²) in [5.41, 5.74) is 7.27. The van der Waals surface area contributed by atoms with Gasteiger partial charge in [-0.25, -0.2) is 0 Å². The molecule has 1 atom stereocenters. The van der Waals surface area contributed by atoms with Crippen LogP contribution in [0.3, 0.4) is 0 Å². The Kier molecular flexibility index (Phi) is 8.59.